The largest absolute Gasteiger partial charge is 0.379 e. The van der Waals surface area contributed by atoms with E-state index < -0.39 is 0 Å². The molecule has 0 aliphatic heterocycles. The molecule has 2 nitrogen and oxygen atoms in total. The second-order valence-electron chi connectivity index (χ2n) is 7.36. The Balaban J connectivity index is 2.28. The Bertz CT molecular complexity index is 445. The van der Waals surface area contributed by atoms with Crippen LogP contribution in [-0.4, -0.2) is 19.8 Å². The number of hydrogen-bond donors (Lipinski definition) is 1. The summed E-state index contributed by atoms with van der Waals surface area (Å²) in [6.07, 6.45) is 4.24. The first kappa shape index (κ1) is 16.5. The first-order chi connectivity index (χ1) is 9.97. The molecule has 1 aliphatic rings. The van der Waals surface area contributed by atoms with Crippen LogP contribution < -0.4 is 5.32 Å². The molecule has 1 aromatic rings. The molecule has 0 bridgehead atoms. The lowest BCUT2D eigenvalue weighted by Gasteiger charge is -2.37. The maximum Gasteiger partial charge on any atom is 0.0814 e. The molecule has 0 amide bonds. The number of benzene rings is 1. The number of ether oxygens (including phenoxy) is 1. The van der Waals surface area contributed by atoms with Crippen molar-refractivity contribution >= 4 is 0 Å². The van der Waals surface area contributed by atoms with Crippen molar-refractivity contribution in [1.82, 2.24) is 5.32 Å². The Morgan fingerprint density at radius 1 is 1.29 bits per heavy atom. The number of methoxy groups -OCH3 is 1. The molecule has 0 heterocycles. The third kappa shape index (κ3) is 3.87. The van der Waals surface area contributed by atoms with E-state index >= 15 is 0 Å². The van der Waals surface area contributed by atoms with Gasteiger partial charge in [0.05, 0.1) is 12.1 Å². The number of rotatable bonds is 6. The minimum Gasteiger partial charge on any atom is -0.379 e. The highest BCUT2D eigenvalue weighted by Crippen LogP contribution is 2.38. The summed E-state index contributed by atoms with van der Waals surface area (Å²) in [5.74, 6) is 0.780. The van der Waals surface area contributed by atoms with E-state index in [2.05, 4.69) is 57.3 Å². The predicted molar refractivity (Wildman–Crippen MR) is 89.7 cm³/mol. The molecule has 1 aromatic carbocycles. The zero-order valence-electron chi connectivity index (χ0n) is 14.3. The van der Waals surface area contributed by atoms with E-state index in [1.54, 1.807) is 0 Å². The van der Waals surface area contributed by atoms with Gasteiger partial charge in [-0.1, -0.05) is 58.4 Å². The first-order valence-corrected chi connectivity index (χ1v) is 8.33. The van der Waals surface area contributed by atoms with Gasteiger partial charge in [-0.2, -0.15) is 0 Å². The third-order valence-electron chi connectivity index (χ3n) is 4.68. The fourth-order valence-electron chi connectivity index (χ4n) is 3.36. The molecule has 2 unspecified atom stereocenters. The first-order valence-electron chi connectivity index (χ1n) is 8.33. The summed E-state index contributed by atoms with van der Waals surface area (Å²) in [5.41, 5.74) is 2.97. The van der Waals surface area contributed by atoms with E-state index in [4.69, 9.17) is 4.74 Å². The molecule has 118 valence electrons. The van der Waals surface area contributed by atoms with Crippen molar-refractivity contribution in [2.24, 2.45) is 5.41 Å². The number of hydrogen-bond acceptors (Lipinski definition) is 2. The van der Waals surface area contributed by atoms with Gasteiger partial charge in [0.2, 0.25) is 0 Å². The smallest absolute Gasteiger partial charge is 0.0814 e. The van der Waals surface area contributed by atoms with Gasteiger partial charge in [-0.05, 0) is 41.8 Å². The Hall–Kier alpha value is -0.860. The summed E-state index contributed by atoms with van der Waals surface area (Å²) in [5, 5.41) is 3.63. The predicted octanol–water partition coefficient (Wildman–Crippen LogP) is 4.67. The van der Waals surface area contributed by atoms with Gasteiger partial charge in [0.1, 0.15) is 0 Å². The monoisotopic (exact) mass is 289 g/mol. The molecule has 1 saturated carbocycles. The van der Waals surface area contributed by atoms with Gasteiger partial charge in [0.15, 0.2) is 0 Å². The van der Waals surface area contributed by atoms with Crippen LogP contribution >= 0.6 is 0 Å². The van der Waals surface area contributed by atoms with Crippen molar-refractivity contribution in [1.29, 1.82) is 0 Å². The van der Waals surface area contributed by atoms with Crippen LogP contribution in [0.15, 0.2) is 24.3 Å². The highest BCUT2D eigenvalue weighted by molar-refractivity contribution is 5.30. The fraction of sp³-hybridized carbons (Fsp3) is 0.684. The molecule has 1 aliphatic carbocycles. The van der Waals surface area contributed by atoms with E-state index in [0.29, 0.717) is 0 Å². The Morgan fingerprint density at radius 2 is 2.00 bits per heavy atom. The van der Waals surface area contributed by atoms with Crippen molar-refractivity contribution < 1.29 is 4.74 Å². The molecule has 0 aromatic heterocycles. The normalized spacial score (nSPS) is 19.1. The lowest BCUT2D eigenvalue weighted by atomic mass is 9.77. The topological polar surface area (TPSA) is 21.3 Å². The maximum absolute atomic E-state index is 5.86. The van der Waals surface area contributed by atoms with Gasteiger partial charge in [0.25, 0.3) is 0 Å². The summed E-state index contributed by atoms with van der Waals surface area (Å²) in [7, 11) is 1.83. The Morgan fingerprint density at radius 3 is 2.48 bits per heavy atom. The van der Waals surface area contributed by atoms with E-state index in [1.807, 2.05) is 7.11 Å². The molecular weight excluding hydrogens is 258 g/mol. The SMILES string of the molecule is CCNC(c1cccc(C2CCC2)c1)C(OC)C(C)(C)C. The Kier molecular flexibility index (Phi) is 5.45. The summed E-state index contributed by atoms with van der Waals surface area (Å²) < 4.78 is 5.86. The molecule has 0 spiro atoms. The van der Waals surface area contributed by atoms with E-state index in [9.17, 15) is 0 Å². The summed E-state index contributed by atoms with van der Waals surface area (Å²) >= 11 is 0. The van der Waals surface area contributed by atoms with Gasteiger partial charge in [-0.15, -0.1) is 0 Å². The van der Waals surface area contributed by atoms with Crippen LogP contribution in [0.25, 0.3) is 0 Å². The Labute approximate surface area is 130 Å². The summed E-state index contributed by atoms with van der Waals surface area (Å²) in [4.78, 5) is 0. The maximum atomic E-state index is 5.86. The third-order valence-corrected chi connectivity index (χ3v) is 4.68. The van der Waals surface area contributed by atoms with Crippen molar-refractivity contribution in [3.63, 3.8) is 0 Å². The van der Waals surface area contributed by atoms with Crippen LogP contribution in [0.2, 0.25) is 0 Å². The van der Waals surface area contributed by atoms with Crippen molar-refractivity contribution in [3.05, 3.63) is 35.4 Å². The van der Waals surface area contributed by atoms with Gasteiger partial charge < -0.3 is 10.1 Å². The molecule has 2 rings (SSSR count). The summed E-state index contributed by atoms with van der Waals surface area (Å²) in [6.45, 7) is 9.87. The number of likely N-dealkylation sites (N-methyl/N-ethyl adjacent to an activating group) is 1. The van der Waals surface area contributed by atoms with E-state index in [1.165, 1.54) is 30.4 Å². The van der Waals surface area contributed by atoms with E-state index in [0.717, 1.165) is 12.5 Å². The van der Waals surface area contributed by atoms with Crippen LogP contribution in [0.1, 0.15) is 70.0 Å². The average molecular weight is 289 g/mol. The van der Waals surface area contributed by atoms with Gasteiger partial charge in [0, 0.05) is 7.11 Å². The van der Waals surface area contributed by atoms with Gasteiger partial charge >= 0.3 is 0 Å². The molecule has 2 heteroatoms. The second-order valence-corrected chi connectivity index (χ2v) is 7.36. The lowest BCUT2D eigenvalue weighted by Crippen LogP contribution is -2.41. The van der Waals surface area contributed by atoms with Crippen molar-refractivity contribution in [3.8, 4) is 0 Å². The van der Waals surface area contributed by atoms with Gasteiger partial charge in [-0.3, -0.25) is 0 Å². The van der Waals surface area contributed by atoms with Crippen LogP contribution in [0.5, 0.6) is 0 Å². The molecule has 0 saturated heterocycles. The van der Waals surface area contributed by atoms with Crippen LogP contribution in [0, 0.1) is 5.41 Å². The molecule has 1 N–H and O–H groups in total. The van der Waals surface area contributed by atoms with Crippen LogP contribution in [0.3, 0.4) is 0 Å². The molecule has 1 fully saturated rings. The van der Waals surface area contributed by atoms with Crippen molar-refractivity contribution in [2.45, 2.75) is 65.0 Å². The fourth-order valence-corrected chi connectivity index (χ4v) is 3.36. The van der Waals surface area contributed by atoms with Gasteiger partial charge in [-0.25, -0.2) is 0 Å². The molecule has 2 atom stereocenters. The minimum atomic E-state index is 0.105. The molecular formula is C19H31NO. The molecule has 0 radical (unpaired) electrons. The zero-order chi connectivity index (χ0) is 15.5. The quantitative estimate of drug-likeness (QED) is 0.822. The number of nitrogens with one attached hydrogen (secondary N) is 1. The minimum absolute atomic E-state index is 0.105. The standard InChI is InChI=1S/C19H31NO/c1-6-20-17(18(21-5)19(2,3)4)16-12-8-11-15(13-16)14-9-7-10-14/h8,11-14,17-18,20H,6-7,9-10H2,1-5H3. The highest BCUT2D eigenvalue weighted by Gasteiger charge is 2.33. The van der Waals surface area contributed by atoms with E-state index in [-0.39, 0.29) is 17.6 Å². The highest BCUT2D eigenvalue weighted by atomic mass is 16.5. The lowest BCUT2D eigenvalue weighted by molar-refractivity contribution is -0.0116. The van der Waals surface area contributed by atoms with Crippen LogP contribution in [-0.2, 0) is 4.74 Å². The van der Waals surface area contributed by atoms with Crippen molar-refractivity contribution in [2.75, 3.05) is 13.7 Å². The second kappa shape index (κ2) is 6.93. The molecule has 21 heavy (non-hydrogen) atoms. The summed E-state index contributed by atoms with van der Waals surface area (Å²) in [6, 6.07) is 9.39. The average Bonchev–Trinajstić information content (AvgIpc) is 2.35. The zero-order valence-corrected chi connectivity index (χ0v) is 14.3. The van der Waals surface area contributed by atoms with Crippen LogP contribution in [0.4, 0.5) is 0 Å².